The Morgan fingerprint density at radius 1 is 1.53 bits per heavy atom. The van der Waals surface area contributed by atoms with E-state index in [0.717, 1.165) is 5.56 Å². The molecular formula is C10H14O5. The SMILES string of the molecule is COCCOCc1cc(C(=O)O)oc1C. The summed E-state index contributed by atoms with van der Waals surface area (Å²) in [4.78, 5) is 10.6. The van der Waals surface area contributed by atoms with Gasteiger partial charge in [0.1, 0.15) is 5.76 Å². The van der Waals surface area contributed by atoms with Gasteiger partial charge in [0.25, 0.3) is 0 Å². The van der Waals surface area contributed by atoms with Gasteiger partial charge in [-0.1, -0.05) is 0 Å². The topological polar surface area (TPSA) is 68.9 Å². The summed E-state index contributed by atoms with van der Waals surface area (Å²) in [5, 5.41) is 8.68. The zero-order valence-electron chi connectivity index (χ0n) is 8.78. The Hall–Kier alpha value is -1.33. The molecule has 1 aromatic rings. The third-order valence-electron chi connectivity index (χ3n) is 1.92. The molecule has 0 aliphatic heterocycles. The van der Waals surface area contributed by atoms with E-state index in [2.05, 4.69) is 0 Å². The van der Waals surface area contributed by atoms with Crippen LogP contribution in [0.3, 0.4) is 0 Å². The second-order valence-electron chi connectivity index (χ2n) is 3.04. The molecular weight excluding hydrogens is 200 g/mol. The van der Waals surface area contributed by atoms with Crippen LogP contribution in [0, 0.1) is 6.92 Å². The van der Waals surface area contributed by atoms with E-state index in [1.807, 2.05) is 0 Å². The fraction of sp³-hybridized carbons (Fsp3) is 0.500. The van der Waals surface area contributed by atoms with E-state index in [1.165, 1.54) is 6.07 Å². The molecule has 0 aromatic carbocycles. The molecule has 0 bridgehead atoms. The molecule has 1 aromatic heterocycles. The summed E-state index contributed by atoms with van der Waals surface area (Å²) in [6.07, 6.45) is 0. The molecule has 1 heterocycles. The van der Waals surface area contributed by atoms with Crippen LogP contribution in [0.2, 0.25) is 0 Å². The lowest BCUT2D eigenvalue weighted by Gasteiger charge is -2.01. The summed E-state index contributed by atoms with van der Waals surface area (Å²) in [6.45, 7) is 3.04. The molecule has 1 N–H and O–H groups in total. The average Bonchev–Trinajstić information content (AvgIpc) is 2.55. The van der Waals surface area contributed by atoms with Gasteiger partial charge in [-0.15, -0.1) is 0 Å². The molecule has 0 unspecified atom stereocenters. The van der Waals surface area contributed by atoms with Crippen LogP contribution in [-0.4, -0.2) is 31.4 Å². The Balaban J connectivity index is 2.50. The van der Waals surface area contributed by atoms with Crippen LogP contribution in [0.4, 0.5) is 0 Å². The summed E-state index contributed by atoms with van der Waals surface area (Å²) in [7, 11) is 1.59. The van der Waals surface area contributed by atoms with Crippen molar-refractivity contribution in [3.05, 3.63) is 23.2 Å². The number of hydrogen-bond acceptors (Lipinski definition) is 4. The zero-order chi connectivity index (χ0) is 11.3. The fourth-order valence-electron chi connectivity index (χ4n) is 1.09. The van der Waals surface area contributed by atoms with Gasteiger partial charge in [-0.3, -0.25) is 0 Å². The minimum Gasteiger partial charge on any atom is -0.475 e. The number of ether oxygens (including phenoxy) is 2. The molecule has 0 aliphatic rings. The lowest BCUT2D eigenvalue weighted by Crippen LogP contribution is -2.01. The number of methoxy groups -OCH3 is 1. The van der Waals surface area contributed by atoms with Crippen molar-refractivity contribution in [3.63, 3.8) is 0 Å². The highest BCUT2D eigenvalue weighted by molar-refractivity contribution is 5.84. The van der Waals surface area contributed by atoms with Crippen LogP contribution in [0.25, 0.3) is 0 Å². The lowest BCUT2D eigenvalue weighted by atomic mass is 10.2. The molecule has 0 saturated carbocycles. The second-order valence-corrected chi connectivity index (χ2v) is 3.04. The first-order valence-corrected chi connectivity index (χ1v) is 4.54. The third-order valence-corrected chi connectivity index (χ3v) is 1.92. The van der Waals surface area contributed by atoms with Crippen molar-refractivity contribution in [3.8, 4) is 0 Å². The monoisotopic (exact) mass is 214 g/mol. The van der Waals surface area contributed by atoms with Gasteiger partial charge >= 0.3 is 5.97 Å². The number of carbonyl (C=O) groups is 1. The van der Waals surface area contributed by atoms with Crippen molar-refractivity contribution in [2.75, 3.05) is 20.3 Å². The Morgan fingerprint density at radius 3 is 2.80 bits per heavy atom. The van der Waals surface area contributed by atoms with Crippen molar-refractivity contribution in [1.29, 1.82) is 0 Å². The first-order chi connectivity index (χ1) is 7.15. The Kier molecular flexibility index (Phi) is 4.33. The number of hydrogen-bond donors (Lipinski definition) is 1. The molecule has 0 aliphatic carbocycles. The molecule has 0 atom stereocenters. The molecule has 5 nitrogen and oxygen atoms in total. The van der Waals surface area contributed by atoms with Gasteiger partial charge in [-0.25, -0.2) is 4.79 Å². The van der Waals surface area contributed by atoms with E-state index in [9.17, 15) is 4.79 Å². The van der Waals surface area contributed by atoms with Gasteiger partial charge in [-0.2, -0.15) is 0 Å². The minimum absolute atomic E-state index is 0.0576. The number of carboxylic acid groups (broad SMARTS) is 1. The van der Waals surface area contributed by atoms with Crippen molar-refractivity contribution >= 4 is 5.97 Å². The molecule has 15 heavy (non-hydrogen) atoms. The summed E-state index contributed by atoms with van der Waals surface area (Å²) >= 11 is 0. The van der Waals surface area contributed by atoms with E-state index < -0.39 is 5.97 Å². The first-order valence-electron chi connectivity index (χ1n) is 4.54. The van der Waals surface area contributed by atoms with Crippen molar-refractivity contribution in [2.24, 2.45) is 0 Å². The second kappa shape index (κ2) is 5.53. The number of carboxylic acids is 1. The van der Waals surface area contributed by atoms with E-state index in [1.54, 1.807) is 14.0 Å². The zero-order valence-corrected chi connectivity index (χ0v) is 8.78. The molecule has 84 valence electrons. The van der Waals surface area contributed by atoms with Gasteiger partial charge in [0, 0.05) is 12.7 Å². The summed E-state index contributed by atoms with van der Waals surface area (Å²) in [5.74, 6) is -0.552. The van der Waals surface area contributed by atoms with E-state index in [4.69, 9.17) is 19.0 Å². The summed E-state index contributed by atoms with van der Waals surface area (Å²) < 4.78 is 15.1. The summed E-state index contributed by atoms with van der Waals surface area (Å²) in [6, 6.07) is 1.48. The van der Waals surface area contributed by atoms with Crippen molar-refractivity contribution in [1.82, 2.24) is 0 Å². The Labute approximate surface area is 87.6 Å². The normalized spacial score (nSPS) is 10.5. The highest BCUT2D eigenvalue weighted by Gasteiger charge is 2.12. The Bertz CT molecular complexity index is 329. The lowest BCUT2D eigenvalue weighted by molar-refractivity contribution is 0.0611. The van der Waals surface area contributed by atoms with E-state index in [0.29, 0.717) is 25.6 Å². The Morgan fingerprint density at radius 2 is 2.27 bits per heavy atom. The predicted molar refractivity (Wildman–Crippen MR) is 51.9 cm³/mol. The third kappa shape index (κ3) is 3.38. The maximum absolute atomic E-state index is 10.6. The van der Waals surface area contributed by atoms with Crippen LogP contribution >= 0.6 is 0 Å². The van der Waals surface area contributed by atoms with Crippen LogP contribution < -0.4 is 0 Å². The highest BCUT2D eigenvalue weighted by Crippen LogP contribution is 2.15. The molecule has 0 amide bonds. The van der Waals surface area contributed by atoms with Crippen LogP contribution in [0.1, 0.15) is 21.9 Å². The molecule has 0 radical (unpaired) electrons. The van der Waals surface area contributed by atoms with Gasteiger partial charge in [0.05, 0.1) is 19.8 Å². The molecule has 0 spiro atoms. The first kappa shape index (κ1) is 11.7. The maximum atomic E-state index is 10.6. The largest absolute Gasteiger partial charge is 0.475 e. The van der Waals surface area contributed by atoms with Gasteiger partial charge < -0.3 is 19.0 Å². The van der Waals surface area contributed by atoms with Crippen molar-refractivity contribution in [2.45, 2.75) is 13.5 Å². The van der Waals surface area contributed by atoms with Gasteiger partial charge in [0.15, 0.2) is 0 Å². The van der Waals surface area contributed by atoms with Crippen LogP contribution in [0.5, 0.6) is 0 Å². The number of aromatic carboxylic acids is 1. The molecule has 1 rings (SSSR count). The number of furan rings is 1. The van der Waals surface area contributed by atoms with E-state index in [-0.39, 0.29) is 5.76 Å². The average molecular weight is 214 g/mol. The molecule has 0 saturated heterocycles. The number of aryl methyl sites for hydroxylation is 1. The van der Waals surface area contributed by atoms with Crippen LogP contribution in [-0.2, 0) is 16.1 Å². The van der Waals surface area contributed by atoms with Gasteiger partial charge in [0.2, 0.25) is 5.76 Å². The van der Waals surface area contributed by atoms with Crippen LogP contribution in [0.15, 0.2) is 10.5 Å². The summed E-state index contributed by atoms with van der Waals surface area (Å²) in [5.41, 5.74) is 0.753. The minimum atomic E-state index is -1.07. The highest BCUT2D eigenvalue weighted by atomic mass is 16.5. The molecule has 0 fully saturated rings. The maximum Gasteiger partial charge on any atom is 0.371 e. The molecule has 5 heteroatoms. The van der Waals surface area contributed by atoms with E-state index >= 15 is 0 Å². The smallest absolute Gasteiger partial charge is 0.371 e. The van der Waals surface area contributed by atoms with Gasteiger partial charge in [-0.05, 0) is 13.0 Å². The standard InChI is InChI=1S/C10H14O5/c1-7-8(6-14-4-3-13-2)5-9(15-7)10(11)12/h5H,3-4,6H2,1-2H3,(H,11,12). The number of rotatable bonds is 6. The predicted octanol–water partition coefficient (Wildman–Crippen LogP) is 1.45. The fourth-order valence-corrected chi connectivity index (χ4v) is 1.09. The van der Waals surface area contributed by atoms with Crippen molar-refractivity contribution < 1.29 is 23.8 Å². The quantitative estimate of drug-likeness (QED) is 0.726.